The average Bonchev–Trinajstić information content (AvgIpc) is 2.62. The number of non-ortho nitro benzene ring substituents is 1. The number of nitrogens with zero attached hydrogens (tertiary/aromatic N) is 1. The number of carbonyl (C=O) groups excluding carboxylic acids is 1. The predicted octanol–water partition coefficient (Wildman–Crippen LogP) is 2.53. The molecule has 0 saturated heterocycles. The molecule has 9 nitrogen and oxygen atoms in total. The number of nitro benzene ring substituents is 1. The van der Waals surface area contributed by atoms with Gasteiger partial charge in [-0.1, -0.05) is 6.07 Å². The fourth-order valence-corrected chi connectivity index (χ4v) is 3.76. The molecule has 2 aromatic rings. The second-order valence-electron chi connectivity index (χ2n) is 6.22. The van der Waals surface area contributed by atoms with Crippen molar-refractivity contribution in [2.24, 2.45) is 0 Å². The van der Waals surface area contributed by atoms with E-state index in [2.05, 4.69) is 10.0 Å². The van der Waals surface area contributed by atoms with E-state index in [0.29, 0.717) is 16.9 Å². The van der Waals surface area contributed by atoms with Gasteiger partial charge in [0.15, 0.2) is 0 Å². The molecule has 1 amide bonds. The molecular weight excluding hydrogens is 386 g/mol. The van der Waals surface area contributed by atoms with E-state index in [1.807, 2.05) is 0 Å². The fraction of sp³-hybridized carbons (Fsp3) is 0.278. The minimum Gasteiger partial charge on any atom is -0.496 e. The Hall–Kier alpha value is -2.98. The number of hydrogen-bond acceptors (Lipinski definition) is 6. The normalized spacial score (nSPS) is 12.3. The van der Waals surface area contributed by atoms with Gasteiger partial charge in [0.2, 0.25) is 15.9 Å². The quantitative estimate of drug-likeness (QED) is 0.536. The first-order chi connectivity index (χ1) is 13.0. The third-order valence-corrected chi connectivity index (χ3v) is 5.63. The summed E-state index contributed by atoms with van der Waals surface area (Å²) in [6.45, 7) is 4.77. The van der Waals surface area contributed by atoms with Crippen LogP contribution in [0.15, 0.2) is 41.3 Å². The monoisotopic (exact) mass is 407 g/mol. The van der Waals surface area contributed by atoms with E-state index in [4.69, 9.17) is 4.74 Å². The largest absolute Gasteiger partial charge is 0.496 e. The number of nitrogens with one attached hydrogen (secondary N) is 2. The van der Waals surface area contributed by atoms with Crippen molar-refractivity contribution in [1.82, 2.24) is 4.72 Å². The molecule has 2 rings (SSSR count). The molecule has 2 aromatic carbocycles. The minimum absolute atomic E-state index is 0.00280. The van der Waals surface area contributed by atoms with Gasteiger partial charge in [0.1, 0.15) is 5.75 Å². The lowest BCUT2D eigenvalue weighted by molar-refractivity contribution is -0.384. The molecule has 0 aromatic heterocycles. The summed E-state index contributed by atoms with van der Waals surface area (Å²) < 4.78 is 32.5. The van der Waals surface area contributed by atoms with Crippen LogP contribution in [0.5, 0.6) is 5.75 Å². The number of carbonyl (C=O) groups is 1. The van der Waals surface area contributed by atoms with Crippen molar-refractivity contribution >= 4 is 27.3 Å². The number of ether oxygens (including phenoxy) is 1. The van der Waals surface area contributed by atoms with Gasteiger partial charge in [0.05, 0.1) is 28.7 Å². The molecule has 0 radical (unpaired) electrons. The second kappa shape index (κ2) is 8.36. The Kier molecular flexibility index (Phi) is 6.37. The molecule has 1 atom stereocenters. The summed E-state index contributed by atoms with van der Waals surface area (Å²) in [5.41, 5.74) is 1.31. The number of anilines is 1. The summed E-state index contributed by atoms with van der Waals surface area (Å²) in [4.78, 5) is 22.7. The van der Waals surface area contributed by atoms with Gasteiger partial charge in [-0.3, -0.25) is 14.9 Å². The highest BCUT2D eigenvalue weighted by Crippen LogP contribution is 2.23. The van der Waals surface area contributed by atoms with E-state index in [1.54, 1.807) is 13.8 Å². The molecular formula is C18H21N3O6S. The van der Waals surface area contributed by atoms with Gasteiger partial charge in [0.25, 0.3) is 5.69 Å². The number of amides is 1. The van der Waals surface area contributed by atoms with E-state index in [1.165, 1.54) is 50.4 Å². The SMILES string of the molecule is COc1ccc(S(=O)(=O)N[C@@H](C)C(=O)Nc2cc([N+](=O)[O-])ccc2C)cc1C. The maximum absolute atomic E-state index is 12.5. The molecule has 0 unspecified atom stereocenters. The maximum atomic E-state index is 12.5. The Labute approximate surface area is 162 Å². The van der Waals surface area contributed by atoms with E-state index in [0.717, 1.165) is 0 Å². The van der Waals surface area contributed by atoms with Crippen LogP contribution < -0.4 is 14.8 Å². The number of methoxy groups -OCH3 is 1. The van der Waals surface area contributed by atoms with E-state index in [9.17, 15) is 23.3 Å². The summed E-state index contributed by atoms with van der Waals surface area (Å²) in [5, 5.41) is 13.4. The summed E-state index contributed by atoms with van der Waals surface area (Å²) >= 11 is 0. The third-order valence-electron chi connectivity index (χ3n) is 4.09. The lowest BCUT2D eigenvalue weighted by Crippen LogP contribution is -2.41. The molecule has 0 aliphatic carbocycles. The zero-order valence-electron chi connectivity index (χ0n) is 15.8. The predicted molar refractivity (Wildman–Crippen MR) is 104 cm³/mol. The van der Waals surface area contributed by atoms with Crippen LogP contribution in [0.1, 0.15) is 18.1 Å². The van der Waals surface area contributed by atoms with Crippen LogP contribution in [-0.2, 0) is 14.8 Å². The summed E-state index contributed by atoms with van der Waals surface area (Å²) in [7, 11) is -2.47. The van der Waals surface area contributed by atoms with Crippen LogP contribution in [0, 0.1) is 24.0 Å². The highest BCUT2D eigenvalue weighted by atomic mass is 32.2. The van der Waals surface area contributed by atoms with Gasteiger partial charge >= 0.3 is 0 Å². The zero-order chi connectivity index (χ0) is 21.1. The van der Waals surface area contributed by atoms with Crippen LogP contribution in [-0.4, -0.2) is 32.4 Å². The first-order valence-electron chi connectivity index (χ1n) is 8.28. The summed E-state index contributed by atoms with van der Waals surface area (Å²) in [6, 6.07) is 7.29. The molecule has 150 valence electrons. The second-order valence-corrected chi connectivity index (χ2v) is 7.93. The van der Waals surface area contributed by atoms with Gasteiger partial charge in [-0.2, -0.15) is 4.72 Å². The van der Waals surface area contributed by atoms with Crippen LogP contribution in [0.25, 0.3) is 0 Å². The van der Waals surface area contributed by atoms with E-state index >= 15 is 0 Å². The molecule has 2 N–H and O–H groups in total. The Balaban J connectivity index is 2.16. The Morgan fingerprint density at radius 2 is 1.82 bits per heavy atom. The van der Waals surface area contributed by atoms with Crippen LogP contribution in [0.2, 0.25) is 0 Å². The van der Waals surface area contributed by atoms with Crippen molar-refractivity contribution in [2.45, 2.75) is 31.7 Å². The number of aryl methyl sites for hydroxylation is 2. The fourth-order valence-electron chi connectivity index (χ4n) is 2.47. The van der Waals surface area contributed by atoms with Crippen molar-refractivity contribution in [2.75, 3.05) is 12.4 Å². The molecule has 10 heteroatoms. The Morgan fingerprint density at radius 1 is 1.14 bits per heavy atom. The van der Waals surface area contributed by atoms with E-state index < -0.39 is 26.9 Å². The zero-order valence-corrected chi connectivity index (χ0v) is 16.7. The molecule has 0 fully saturated rings. The highest BCUT2D eigenvalue weighted by Gasteiger charge is 2.23. The first kappa shape index (κ1) is 21.3. The number of rotatable bonds is 7. The molecule has 0 aliphatic heterocycles. The highest BCUT2D eigenvalue weighted by molar-refractivity contribution is 7.89. The minimum atomic E-state index is -3.95. The average molecular weight is 407 g/mol. The van der Waals surface area contributed by atoms with Crippen molar-refractivity contribution < 1.29 is 22.9 Å². The lowest BCUT2D eigenvalue weighted by Gasteiger charge is -2.16. The van der Waals surface area contributed by atoms with Gasteiger partial charge < -0.3 is 10.1 Å². The maximum Gasteiger partial charge on any atom is 0.271 e. The van der Waals surface area contributed by atoms with Gasteiger partial charge in [-0.25, -0.2) is 8.42 Å². The summed E-state index contributed by atoms with van der Waals surface area (Å²) in [5.74, 6) is -0.0942. The number of nitro groups is 1. The van der Waals surface area contributed by atoms with E-state index in [-0.39, 0.29) is 16.3 Å². The number of hydrogen-bond donors (Lipinski definition) is 2. The van der Waals surface area contributed by atoms with Gasteiger partial charge in [0, 0.05) is 12.1 Å². The molecule has 0 bridgehead atoms. The number of benzene rings is 2. The van der Waals surface area contributed by atoms with Crippen LogP contribution >= 0.6 is 0 Å². The molecule has 0 aliphatic rings. The topological polar surface area (TPSA) is 128 Å². The van der Waals surface area contributed by atoms with Crippen LogP contribution in [0.4, 0.5) is 11.4 Å². The van der Waals surface area contributed by atoms with Gasteiger partial charge in [-0.15, -0.1) is 0 Å². The van der Waals surface area contributed by atoms with Crippen molar-refractivity contribution in [3.63, 3.8) is 0 Å². The van der Waals surface area contributed by atoms with Crippen molar-refractivity contribution in [1.29, 1.82) is 0 Å². The first-order valence-corrected chi connectivity index (χ1v) is 9.76. The summed E-state index contributed by atoms with van der Waals surface area (Å²) in [6.07, 6.45) is 0. The van der Waals surface area contributed by atoms with Gasteiger partial charge in [-0.05, 0) is 50.1 Å². The van der Waals surface area contributed by atoms with Crippen molar-refractivity contribution in [3.8, 4) is 5.75 Å². The Morgan fingerprint density at radius 3 is 2.39 bits per heavy atom. The standard InChI is InChI=1S/C18H21N3O6S/c1-11-5-6-14(21(23)24)10-16(11)19-18(22)13(3)20-28(25,26)15-7-8-17(27-4)12(2)9-15/h5-10,13,20H,1-4H3,(H,19,22)/t13-/m0/s1. The molecule has 0 heterocycles. The molecule has 0 saturated carbocycles. The van der Waals surface area contributed by atoms with Crippen molar-refractivity contribution in [3.05, 3.63) is 57.6 Å². The molecule has 28 heavy (non-hydrogen) atoms. The number of sulfonamides is 1. The lowest BCUT2D eigenvalue weighted by atomic mass is 10.1. The Bertz CT molecular complexity index is 1020. The third kappa shape index (κ3) is 4.84. The van der Waals surface area contributed by atoms with Crippen LogP contribution in [0.3, 0.4) is 0 Å². The smallest absolute Gasteiger partial charge is 0.271 e. The molecule has 0 spiro atoms.